The summed E-state index contributed by atoms with van der Waals surface area (Å²) in [4.78, 5) is 16.6. The molecule has 1 aliphatic heterocycles. The molecule has 0 bridgehead atoms. The molecule has 33 heavy (non-hydrogen) atoms. The Kier molecular flexibility index (Phi) is 7.56. The van der Waals surface area contributed by atoms with Crippen LogP contribution in [0.25, 0.3) is 0 Å². The fraction of sp³-hybridized carbons (Fsp3) is 0.630. The van der Waals surface area contributed by atoms with Gasteiger partial charge in [0.2, 0.25) is 0 Å². The highest BCUT2D eigenvalue weighted by Gasteiger charge is 2.53. The third kappa shape index (κ3) is 5.33. The van der Waals surface area contributed by atoms with E-state index in [0.29, 0.717) is 11.8 Å². The van der Waals surface area contributed by atoms with Gasteiger partial charge in [0.15, 0.2) is 0 Å². The highest BCUT2D eigenvalue weighted by atomic mass is 79.9. The Labute approximate surface area is 207 Å². The second-order valence-electron chi connectivity index (χ2n) is 10.3. The van der Waals surface area contributed by atoms with Crippen LogP contribution in [-0.4, -0.2) is 60.4 Å². The summed E-state index contributed by atoms with van der Waals surface area (Å²) in [6.07, 6.45) is 7.00. The van der Waals surface area contributed by atoms with Crippen LogP contribution in [0.4, 0.5) is 5.69 Å². The van der Waals surface area contributed by atoms with Gasteiger partial charge in [-0.2, -0.15) is 0 Å². The molecule has 1 N–H and O–H groups in total. The molecule has 3 aliphatic rings. The number of hydrogen-bond acceptors (Lipinski definition) is 5. The number of hydrogen-bond donors (Lipinski definition) is 1. The van der Waals surface area contributed by atoms with Crippen LogP contribution in [0.2, 0.25) is 0 Å². The van der Waals surface area contributed by atoms with Gasteiger partial charge in [0.25, 0.3) is 0 Å². The number of aliphatic hydroxyl groups is 1. The Bertz CT molecular complexity index is 865. The molecule has 0 unspecified atom stereocenters. The van der Waals surface area contributed by atoms with Crippen molar-refractivity contribution in [2.75, 3.05) is 37.6 Å². The predicted molar refractivity (Wildman–Crippen MR) is 135 cm³/mol. The zero-order chi connectivity index (χ0) is 23.8. The summed E-state index contributed by atoms with van der Waals surface area (Å²) in [6, 6.07) is 8.57. The smallest absolute Gasteiger partial charge is 0.303 e. The molecule has 0 spiro atoms. The van der Waals surface area contributed by atoms with E-state index in [1.807, 2.05) is 6.92 Å². The van der Waals surface area contributed by atoms with E-state index in [-0.39, 0.29) is 17.8 Å². The highest BCUT2D eigenvalue weighted by molar-refractivity contribution is 9.10. The summed E-state index contributed by atoms with van der Waals surface area (Å²) in [5.41, 5.74) is 1.22. The van der Waals surface area contributed by atoms with Crippen molar-refractivity contribution in [2.24, 2.45) is 23.7 Å². The number of fused-ring (bicyclic) bond motifs is 1. The Morgan fingerprint density at radius 2 is 1.91 bits per heavy atom. The average molecular weight is 518 g/mol. The number of carbonyl (C=O) groups excluding carboxylic acids is 1. The molecule has 2 aliphatic carbocycles. The van der Waals surface area contributed by atoms with Crippen molar-refractivity contribution in [3.63, 3.8) is 0 Å². The van der Waals surface area contributed by atoms with E-state index in [0.717, 1.165) is 55.6 Å². The molecule has 6 atom stereocenters. The summed E-state index contributed by atoms with van der Waals surface area (Å²) in [5.74, 6) is 0.633. The summed E-state index contributed by atoms with van der Waals surface area (Å²) in [7, 11) is 0. The van der Waals surface area contributed by atoms with E-state index in [2.05, 4.69) is 76.3 Å². The maximum atomic E-state index is 11.7. The van der Waals surface area contributed by atoms with Crippen molar-refractivity contribution in [1.29, 1.82) is 0 Å². The number of halogens is 1. The van der Waals surface area contributed by atoms with Crippen molar-refractivity contribution in [2.45, 2.75) is 52.2 Å². The van der Waals surface area contributed by atoms with Gasteiger partial charge in [0.1, 0.15) is 6.10 Å². The zero-order valence-corrected chi connectivity index (χ0v) is 21.8. The molecule has 5 nitrogen and oxygen atoms in total. The summed E-state index contributed by atoms with van der Waals surface area (Å²) in [6.45, 7) is 13.1. The number of ether oxygens (including phenoxy) is 1. The van der Waals surface area contributed by atoms with Crippen LogP contribution in [0, 0.1) is 30.1 Å². The van der Waals surface area contributed by atoms with Crippen LogP contribution in [0.1, 0.15) is 40.5 Å². The molecule has 6 heteroatoms. The topological polar surface area (TPSA) is 53.0 Å². The van der Waals surface area contributed by atoms with Gasteiger partial charge < -0.3 is 14.7 Å². The molecular formula is C27H37BrN2O3. The quantitative estimate of drug-likeness (QED) is 0.458. The van der Waals surface area contributed by atoms with Gasteiger partial charge in [0.05, 0.1) is 12.0 Å². The van der Waals surface area contributed by atoms with Gasteiger partial charge in [-0.3, -0.25) is 9.69 Å². The van der Waals surface area contributed by atoms with Crippen LogP contribution in [0.3, 0.4) is 0 Å². The van der Waals surface area contributed by atoms with Crippen molar-refractivity contribution in [3.05, 3.63) is 46.8 Å². The third-order valence-electron chi connectivity index (χ3n) is 8.00. The molecular weight excluding hydrogens is 480 g/mol. The van der Waals surface area contributed by atoms with Gasteiger partial charge in [-0.25, -0.2) is 0 Å². The Morgan fingerprint density at radius 1 is 1.24 bits per heavy atom. The largest absolute Gasteiger partial charge is 0.457 e. The third-order valence-corrected chi connectivity index (χ3v) is 8.53. The van der Waals surface area contributed by atoms with Crippen molar-refractivity contribution < 1.29 is 14.6 Å². The normalized spacial score (nSPS) is 33.8. The summed E-state index contributed by atoms with van der Waals surface area (Å²) >= 11 is 3.52. The van der Waals surface area contributed by atoms with Gasteiger partial charge >= 0.3 is 5.97 Å². The van der Waals surface area contributed by atoms with E-state index in [4.69, 9.17) is 4.74 Å². The van der Waals surface area contributed by atoms with E-state index in [1.165, 1.54) is 12.6 Å². The van der Waals surface area contributed by atoms with Crippen molar-refractivity contribution >= 4 is 27.6 Å². The first kappa shape index (κ1) is 24.7. The Balaban J connectivity index is 1.40. The minimum atomic E-state index is -1.04. The molecule has 1 aromatic rings. The van der Waals surface area contributed by atoms with Crippen LogP contribution >= 0.6 is 15.9 Å². The predicted octanol–water partition coefficient (Wildman–Crippen LogP) is 4.57. The molecule has 1 heterocycles. The molecule has 2 fully saturated rings. The van der Waals surface area contributed by atoms with Crippen LogP contribution in [-0.2, 0) is 9.53 Å². The van der Waals surface area contributed by atoms with E-state index >= 15 is 0 Å². The maximum absolute atomic E-state index is 11.7. The molecule has 2 radical (unpaired) electrons. The first-order valence-electron chi connectivity index (χ1n) is 12.3. The van der Waals surface area contributed by atoms with E-state index in [1.54, 1.807) is 0 Å². The van der Waals surface area contributed by atoms with Crippen molar-refractivity contribution in [1.82, 2.24) is 4.90 Å². The Hall–Kier alpha value is -1.37. The number of benzene rings is 1. The monoisotopic (exact) mass is 516 g/mol. The fourth-order valence-corrected chi connectivity index (χ4v) is 6.25. The van der Waals surface area contributed by atoms with Crippen LogP contribution in [0.15, 0.2) is 40.4 Å². The van der Waals surface area contributed by atoms with Gasteiger partial charge in [-0.1, -0.05) is 35.9 Å². The second-order valence-corrected chi connectivity index (χ2v) is 11.2. The van der Waals surface area contributed by atoms with Crippen molar-refractivity contribution in [3.8, 4) is 0 Å². The number of nitrogens with zero attached hydrogens (tertiary/aromatic N) is 2. The minimum absolute atomic E-state index is 0.0205. The zero-order valence-electron chi connectivity index (χ0n) is 20.3. The lowest BCUT2D eigenvalue weighted by molar-refractivity contribution is -0.148. The van der Waals surface area contributed by atoms with Crippen LogP contribution < -0.4 is 4.90 Å². The molecule has 0 amide bonds. The van der Waals surface area contributed by atoms with Gasteiger partial charge in [-0.15, -0.1) is 0 Å². The van der Waals surface area contributed by atoms with E-state index in [9.17, 15) is 9.90 Å². The lowest BCUT2D eigenvalue weighted by Gasteiger charge is -2.53. The van der Waals surface area contributed by atoms with Gasteiger partial charge in [0, 0.05) is 55.7 Å². The lowest BCUT2D eigenvalue weighted by Crippen LogP contribution is -2.57. The minimum Gasteiger partial charge on any atom is -0.457 e. The molecule has 4 rings (SSSR count). The number of rotatable bonds is 5. The number of carbonyl (C=O) groups is 1. The second kappa shape index (κ2) is 10.1. The number of esters is 1. The molecule has 180 valence electrons. The highest BCUT2D eigenvalue weighted by Crippen LogP contribution is 2.50. The SMILES string of the molecule is CC(=O)O[C@@H]1[C][C@@]2(O)[C@H](C)CC[C@@H]([C@H](C)CN3CCN(c4ccc(Br)cc4)CC3)[C@H]2C=C1C. The standard InChI is InChI=1S/C27H37BrN2O3/c1-18-15-25-24(10-5-20(3)27(25,32)16-26(18)33-21(4)31)19(2)17-29-11-13-30(14-12-29)23-8-6-22(28)7-9-23/h6-9,15,19-20,24-26,32H,5,10-14,17H2,1-4H3/t19-,20-,24+,25-,26-,27-/m1/s1. The lowest BCUT2D eigenvalue weighted by atomic mass is 9.57. The molecule has 0 aromatic heterocycles. The number of piperazine rings is 1. The average Bonchev–Trinajstić information content (AvgIpc) is 2.77. The summed E-state index contributed by atoms with van der Waals surface area (Å²) < 4.78 is 6.55. The van der Waals surface area contributed by atoms with E-state index < -0.39 is 11.7 Å². The first-order chi connectivity index (χ1) is 15.7. The Morgan fingerprint density at radius 3 is 2.55 bits per heavy atom. The first-order valence-corrected chi connectivity index (χ1v) is 13.0. The summed E-state index contributed by atoms with van der Waals surface area (Å²) in [5, 5.41) is 11.7. The fourth-order valence-electron chi connectivity index (χ4n) is 5.99. The van der Waals surface area contributed by atoms with Crippen LogP contribution in [0.5, 0.6) is 0 Å². The molecule has 1 aromatic carbocycles. The molecule has 1 saturated heterocycles. The van der Waals surface area contributed by atoms with Gasteiger partial charge in [-0.05, 0) is 67.4 Å². The maximum Gasteiger partial charge on any atom is 0.303 e. The molecule has 1 saturated carbocycles. The number of anilines is 1.